The zero-order valence-electron chi connectivity index (χ0n) is 13.7. The zero-order chi connectivity index (χ0) is 16.5. The van der Waals surface area contributed by atoms with Crippen LogP contribution in [0.1, 0.15) is 34.6 Å². The second-order valence-corrected chi connectivity index (χ2v) is 6.15. The molecule has 1 amide bonds. The molecule has 0 radical (unpaired) electrons. The van der Waals surface area contributed by atoms with E-state index in [1.807, 2.05) is 35.2 Å². The average Bonchev–Trinajstić information content (AvgIpc) is 2.99. The van der Waals surface area contributed by atoms with E-state index >= 15 is 0 Å². The first kappa shape index (κ1) is 15.1. The first-order valence-corrected chi connectivity index (χ1v) is 8.28. The number of morpholine rings is 1. The van der Waals surface area contributed by atoms with Gasteiger partial charge in [0.05, 0.1) is 37.1 Å². The SMILES string of the molecule is C[C@@H](c1ccccc1)N1Cc2nc(N3CCOCC3)ncc2C1=O. The van der Waals surface area contributed by atoms with E-state index < -0.39 is 0 Å². The van der Waals surface area contributed by atoms with Crippen molar-refractivity contribution in [3.8, 4) is 0 Å². The summed E-state index contributed by atoms with van der Waals surface area (Å²) in [6.07, 6.45) is 1.67. The summed E-state index contributed by atoms with van der Waals surface area (Å²) in [4.78, 5) is 25.7. The van der Waals surface area contributed by atoms with Crippen LogP contribution in [0.5, 0.6) is 0 Å². The molecule has 6 heteroatoms. The van der Waals surface area contributed by atoms with E-state index in [0.717, 1.165) is 24.3 Å². The van der Waals surface area contributed by atoms with E-state index in [2.05, 4.69) is 21.8 Å². The standard InChI is InChI=1S/C18H20N4O2/c1-13(14-5-3-2-4-6-14)22-12-16-15(17(22)23)11-19-18(20-16)21-7-9-24-10-8-21/h2-6,11,13H,7-10,12H2,1H3/t13-/m0/s1. The van der Waals surface area contributed by atoms with Crippen molar-refractivity contribution in [3.63, 3.8) is 0 Å². The number of fused-ring (bicyclic) bond motifs is 1. The van der Waals surface area contributed by atoms with E-state index in [1.165, 1.54) is 0 Å². The maximum absolute atomic E-state index is 12.7. The number of hydrogen-bond acceptors (Lipinski definition) is 5. The van der Waals surface area contributed by atoms with Gasteiger partial charge in [-0.2, -0.15) is 0 Å². The van der Waals surface area contributed by atoms with Crippen LogP contribution in [-0.4, -0.2) is 47.1 Å². The highest BCUT2D eigenvalue weighted by molar-refractivity contribution is 5.97. The summed E-state index contributed by atoms with van der Waals surface area (Å²) < 4.78 is 5.37. The van der Waals surface area contributed by atoms with Crippen molar-refractivity contribution in [1.29, 1.82) is 0 Å². The van der Waals surface area contributed by atoms with Crippen LogP contribution in [0.2, 0.25) is 0 Å². The number of amides is 1. The van der Waals surface area contributed by atoms with Crippen LogP contribution in [0.3, 0.4) is 0 Å². The van der Waals surface area contributed by atoms with Crippen LogP contribution >= 0.6 is 0 Å². The molecule has 3 heterocycles. The van der Waals surface area contributed by atoms with Gasteiger partial charge in [-0.1, -0.05) is 30.3 Å². The molecule has 0 spiro atoms. The monoisotopic (exact) mass is 324 g/mol. The maximum atomic E-state index is 12.7. The minimum Gasteiger partial charge on any atom is -0.378 e. The number of carbonyl (C=O) groups is 1. The number of rotatable bonds is 3. The number of anilines is 1. The van der Waals surface area contributed by atoms with Crippen LogP contribution in [0.25, 0.3) is 0 Å². The second-order valence-electron chi connectivity index (χ2n) is 6.15. The summed E-state index contributed by atoms with van der Waals surface area (Å²) in [6, 6.07) is 10.1. The lowest BCUT2D eigenvalue weighted by atomic mass is 10.1. The molecule has 2 aliphatic rings. The lowest BCUT2D eigenvalue weighted by Gasteiger charge is -2.26. The molecule has 2 aromatic rings. The fourth-order valence-electron chi connectivity index (χ4n) is 3.23. The van der Waals surface area contributed by atoms with Gasteiger partial charge in [0.15, 0.2) is 0 Å². The molecule has 0 unspecified atom stereocenters. The Morgan fingerprint density at radius 2 is 1.92 bits per heavy atom. The third-order valence-corrected chi connectivity index (χ3v) is 4.71. The zero-order valence-corrected chi connectivity index (χ0v) is 13.7. The summed E-state index contributed by atoms with van der Waals surface area (Å²) in [5, 5.41) is 0. The maximum Gasteiger partial charge on any atom is 0.258 e. The van der Waals surface area contributed by atoms with Gasteiger partial charge in [0.25, 0.3) is 5.91 Å². The van der Waals surface area contributed by atoms with Crippen LogP contribution in [0.15, 0.2) is 36.5 Å². The van der Waals surface area contributed by atoms with E-state index in [-0.39, 0.29) is 11.9 Å². The Morgan fingerprint density at radius 1 is 1.17 bits per heavy atom. The Kier molecular flexibility index (Phi) is 3.90. The van der Waals surface area contributed by atoms with Crippen LogP contribution in [0, 0.1) is 0 Å². The van der Waals surface area contributed by atoms with Crippen molar-refractivity contribution in [2.24, 2.45) is 0 Å². The van der Waals surface area contributed by atoms with Gasteiger partial charge < -0.3 is 14.5 Å². The van der Waals surface area contributed by atoms with E-state index in [0.29, 0.717) is 31.3 Å². The largest absolute Gasteiger partial charge is 0.378 e. The highest BCUT2D eigenvalue weighted by Gasteiger charge is 2.33. The average molecular weight is 324 g/mol. The molecule has 2 aliphatic heterocycles. The first-order chi connectivity index (χ1) is 11.7. The summed E-state index contributed by atoms with van der Waals surface area (Å²) in [5.74, 6) is 0.703. The molecule has 0 aliphatic carbocycles. The predicted octanol–water partition coefficient (Wildman–Crippen LogP) is 2.03. The molecule has 4 rings (SSSR count). The number of aromatic nitrogens is 2. The first-order valence-electron chi connectivity index (χ1n) is 8.28. The third kappa shape index (κ3) is 2.63. The van der Waals surface area contributed by atoms with Crippen molar-refractivity contribution >= 4 is 11.9 Å². The van der Waals surface area contributed by atoms with Crippen molar-refractivity contribution < 1.29 is 9.53 Å². The summed E-state index contributed by atoms with van der Waals surface area (Å²) in [7, 11) is 0. The van der Waals surface area contributed by atoms with E-state index in [1.54, 1.807) is 6.20 Å². The van der Waals surface area contributed by atoms with Gasteiger partial charge in [0, 0.05) is 19.3 Å². The molecule has 1 saturated heterocycles. The summed E-state index contributed by atoms with van der Waals surface area (Å²) in [5.41, 5.74) is 2.56. The van der Waals surface area contributed by atoms with Crippen molar-refractivity contribution in [2.45, 2.75) is 19.5 Å². The Hall–Kier alpha value is -2.47. The molecule has 24 heavy (non-hydrogen) atoms. The highest BCUT2D eigenvalue weighted by atomic mass is 16.5. The molecule has 6 nitrogen and oxygen atoms in total. The molecule has 0 N–H and O–H groups in total. The van der Waals surface area contributed by atoms with Crippen LogP contribution < -0.4 is 4.90 Å². The number of nitrogens with zero attached hydrogens (tertiary/aromatic N) is 4. The fourth-order valence-corrected chi connectivity index (χ4v) is 3.23. The van der Waals surface area contributed by atoms with Crippen molar-refractivity contribution in [3.05, 3.63) is 53.3 Å². The van der Waals surface area contributed by atoms with Gasteiger partial charge in [0.1, 0.15) is 0 Å². The molecule has 0 bridgehead atoms. The third-order valence-electron chi connectivity index (χ3n) is 4.71. The van der Waals surface area contributed by atoms with E-state index in [4.69, 9.17) is 4.74 Å². The lowest BCUT2D eigenvalue weighted by Crippen LogP contribution is -2.37. The van der Waals surface area contributed by atoms with Gasteiger partial charge in [-0.05, 0) is 12.5 Å². The van der Waals surface area contributed by atoms with Crippen molar-refractivity contribution in [1.82, 2.24) is 14.9 Å². The number of benzene rings is 1. The molecule has 124 valence electrons. The van der Waals surface area contributed by atoms with Crippen LogP contribution in [0.4, 0.5) is 5.95 Å². The fraction of sp³-hybridized carbons (Fsp3) is 0.389. The molecule has 1 fully saturated rings. The van der Waals surface area contributed by atoms with Crippen LogP contribution in [-0.2, 0) is 11.3 Å². The Bertz CT molecular complexity index is 744. The Morgan fingerprint density at radius 3 is 2.67 bits per heavy atom. The highest BCUT2D eigenvalue weighted by Crippen LogP contribution is 2.30. The number of carbonyl (C=O) groups excluding carboxylic acids is 1. The molecule has 1 aromatic carbocycles. The molecule has 1 atom stereocenters. The summed E-state index contributed by atoms with van der Waals surface area (Å²) >= 11 is 0. The minimum atomic E-state index is 0.00915. The van der Waals surface area contributed by atoms with E-state index in [9.17, 15) is 4.79 Å². The number of hydrogen-bond donors (Lipinski definition) is 0. The van der Waals surface area contributed by atoms with Gasteiger partial charge >= 0.3 is 0 Å². The van der Waals surface area contributed by atoms with Gasteiger partial charge in [-0.15, -0.1) is 0 Å². The Labute approximate surface area is 141 Å². The second kappa shape index (κ2) is 6.20. The molecular weight excluding hydrogens is 304 g/mol. The lowest BCUT2D eigenvalue weighted by molar-refractivity contribution is 0.0715. The minimum absolute atomic E-state index is 0.00915. The normalized spacial score (nSPS) is 18.6. The van der Waals surface area contributed by atoms with Gasteiger partial charge in [-0.3, -0.25) is 4.79 Å². The summed E-state index contributed by atoms with van der Waals surface area (Å²) in [6.45, 7) is 5.54. The Balaban J connectivity index is 1.58. The predicted molar refractivity (Wildman–Crippen MR) is 89.8 cm³/mol. The topological polar surface area (TPSA) is 58.6 Å². The molecule has 1 aromatic heterocycles. The number of ether oxygens (including phenoxy) is 1. The smallest absolute Gasteiger partial charge is 0.258 e. The quantitative estimate of drug-likeness (QED) is 0.864. The van der Waals surface area contributed by atoms with Gasteiger partial charge in [0.2, 0.25) is 5.95 Å². The van der Waals surface area contributed by atoms with Crippen molar-refractivity contribution in [2.75, 3.05) is 31.2 Å². The molecule has 0 saturated carbocycles. The molecular formula is C18H20N4O2. The van der Waals surface area contributed by atoms with Gasteiger partial charge in [-0.25, -0.2) is 9.97 Å².